The maximum atomic E-state index is 12.8. The van der Waals surface area contributed by atoms with Gasteiger partial charge in [0, 0.05) is 0 Å². The van der Waals surface area contributed by atoms with Gasteiger partial charge in [-0.1, -0.05) is 66.7 Å². The van der Waals surface area contributed by atoms with E-state index >= 15 is 0 Å². The molecule has 1 heterocycles. The van der Waals surface area contributed by atoms with Crippen molar-refractivity contribution in [2.24, 2.45) is 0 Å². The van der Waals surface area contributed by atoms with Gasteiger partial charge in [0.25, 0.3) is 0 Å². The summed E-state index contributed by atoms with van der Waals surface area (Å²) in [7, 11) is 0. The Morgan fingerprint density at radius 1 is 0.677 bits per heavy atom. The van der Waals surface area contributed by atoms with Gasteiger partial charge in [-0.2, -0.15) is 0 Å². The fraction of sp³-hybridized carbons (Fsp3) is 0.160. The maximum Gasteiger partial charge on any atom is 0.338 e. The molecule has 1 fully saturated rings. The monoisotopic (exact) mass is 416 g/mol. The van der Waals surface area contributed by atoms with Crippen molar-refractivity contribution in [1.82, 2.24) is 0 Å². The van der Waals surface area contributed by atoms with Gasteiger partial charge in [-0.3, -0.25) is 0 Å². The van der Waals surface area contributed by atoms with Gasteiger partial charge in [0.05, 0.1) is 11.1 Å². The summed E-state index contributed by atoms with van der Waals surface area (Å²) in [6, 6.07) is 25.9. The molecule has 6 heteroatoms. The molecule has 1 aliphatic heterocycles. The van der Waals surface area contributed by atoms with Crippen LogP contribution in [0.5, 0.6) is 0 Å². The molecule has 0 N–H and O–H groups in total. The molecule has 0 spiro atoms. The number of ether oxygens (including phenoxy) is 3. The van der Waals surface area contributed by atoms with Gasteiger partial charge in [-0.05, 0) is 29.8 Å². The summed E-state index contributed by atoms with van der Waals surface area (Å²) in [6.07, 6.45) is -3.37. The summed E-state index contributed by atoms with van der Waals surface area (Å²) in [5, 5.41) is 0. The molecule has 156 valence electrons. The van der Waals surface area contributed by atoms with Crippen LogP contribution in [0.15, 0.2) is 91.0 Å². The number of carbonyl (C=O) groups is 3. The van der Waals surface area contributed by atoms with E-state index in [9.17, 15) is 14.4 Å². The molecule has 31 heavy (non-hydrogen) atoms. The third kappa shape index (κ3) is 4.54. The first-order valence-electron chi connectivity index (χ1n) is 9.85. The Labute approximate surface area is 179 Å². The number of aldehydes is 1. The van der Waals surface area contributed by atoms with Gasteiger partial charge in [0.15, 0.2) is 24.6 Å². The van der Waals surface area contributed by atoms with Crippen molar-refractivity contribution in [3.05, 3.63) is 108 Å². The van der Waals surface area contributed by atoms with Gasteiger partial charge in [0.1, 0.15) is 6.10 Å². The smallest absolute Gasteiger partial charge is 0.338 e. The van der Waals surface area contributed by atoms with Crippen LogP contribution in [0.25, 0.3) is 0 Å². The molecule has 0 unspecified atom stereocenters. The highest BCUT2D eigenvalue weighted by atomic mass is 16.6. The van der Waals surface area contributed by atoms with Crippen LogP contribution in [0.2, 0.25) is 0 Å². The number of carbonyl (C=O) groups excluding carboxylic acids is 3. The van der Waals surface area contributed by atoms with E-state index in [1.54, 1.807) is 72.8 Å². The highest BCUT2D eigenvalue weighted by Crippen LogP contribution is 2.37. The minimum atomic E-state index is -1.09. The van der Waals surface area contributed by atoms with Crippen LogP contribution in [-0.2, 0) is 19.0 Å². The number of rotatable bonds is 6. The zero-order chi connectivity index (χ0) is 21.6. The van der Waals surface area contributed by atoms with Crippen molar-refractivity contribution in [3.63, 3.8) is 0 Å². The molecule has 4 rings (SSSR count). The average Bonchev–Trinajstić information content (AvgIpc) is 3.17. The molecule has 1 aliphatic rings. The summed E-state index contributed by atoms with van der Waals surface area (Å²) in [6.45, 7) is 0. The number of benzene rings is 3. The average molecular weight is 416 g/mol. The van der Waals surface area contributed by atoms with Crippen molar-refractivity contribution in [2.45, 2.75) is 24.4 Å². The third-order valence-corrected chi connectivity index (χ3v) is 5.02. The van der Waals surface area contributed by atoms with Crippen LogP contribution in [0.3, 0.4) is 0 Å². The highest BCUT2D eigenvalue weighted by molar-refractivity contribution is 5.90. The molecule has 0 amide bonds. The van der Waals surface area contributed by atoms with Crippen LogP contribution >= 0.6 is 0 Å². The summed E-state index contributed by atoms with van der Waals surface area (Å²) < 4.78 is 17.2. The van der Waals surface area contributed by atoms with Crippen LogP contribution in [-0.4, -0.2) is 36.5 Å². The van der Waals surface area contributed by atoms with E-state index in [-0.39, 0.29) is 0 Å². The van der Waals surface area contributed by atoms with Crippen LogP contribution in [0, 0.1) is 0 Å². The van der Waals surface area contributed by atoms with Crippen molar-refractivity contribution in [2.75, 3.05) is 0 Å². The van der Waals surface area contributed by atoms with Crippen molar-refractivity contribution < 1.29 is 28.6 Å². The first-order chi connectivity index (χ1) is 15.2. The second-order valence-corrected chi connectivity index (χ2v) is 7.04. The molecule has 3 aromatic rings. The molecular formula is C25H20O6. The standard InChI is InChI=1S/C25H20O6/c26-16-20-22(30-24(27)18-12-6-2-7-13-18)23(21(29-20)17-10-4-1-5-11-17)31-25(28)19-14-8-3-9-15-19/h1-16,20-23H/t20-,21+,22+,23+/m0/s1. The van der Waals surface area contributed by atoms with E-state index in [1.165, 1.54) is 0 Å². The normalized spacial score (nSPS) is 22.5. The SMILES string of the molecule is O=C[C@@H]1O[C@H](c2ccccc2)[C@@H](OC(=O)c2ccccc2)[C@@H]1OC(=O)c1ccccc1. The highest BCUT2D eigenvalue weighted by Gasteiger charge is 2.50. The lowest BCUT2D eigenvalue weighted by Crippen LogP contribution is -2.39. The Hall–Kier alpha value is -3.77. The van der Waals surface area contributed by atoms with E-state index in [2.05, 4.69) is 0 Å². The topological polar surface area (TPSA) is 78.9 Å². The lowest BCUT2D eigenvalue weighted by atomic mass is 10.0. The van der Waals surface area contributed by atoms with E-state index in [0.29, 0.717) is 23.0 Å². The van der Waals surface area contributed by atoms with E-state index in [4.69, 9.17) is 14.2 Å². The minimum Gasteiger partial charge on any atom is -0.452 e. The molecule has 4 atom stereocenters. The van der Waals surface area contributed by atoms with E-state index < -0.39 is 36.4 Å². The first-order valence-corrected chi connectivity index (χ1v) is 9.85. The molecule has 0 radical (unpaired) electrons. The summed E-state index contributed by atoms with van der Waals surface area (Å²) in [5.41, 5.74) is 1.37. The summed E-state index contributed by atoms with van der Waals surface area (Å²) in [4.78, 5) is 37.2. The fourth-order valence-electron chi connectivity index (χ4n) is 3.50. The van der Waals surface area contributed by atoms with Crippen LogP contribution in [0.4, 0.5) is 0 Å². The Bertz CT molecular complexity index is 1040. The van der Waals surface area contributed by atoms with Gasteiger partial charge in [-0.25, -0.2) is 9.59 Å². The lowest BCUT2D eigenvalue weighted by Gasteiger charge is -2.24. The Balaban J connectivity index is 1.64. The van der Waals surface area contributed by atoms with Crippen molar-refractivity contribution in [1.29, 1.82) is 0 Å². The molecule has 1 saturated heterocycles. The number of hydrogen-bond acceptors (Lipinski definition) is 6. The van der Waals surface area contributed by atoms with Crippen LogP contribution in [0.1, 0.15) is 32.4 Å². The lowest BCUT2D eigenvalue weighted by molar-refractivity contribution is -0.121. The van der Waals surface area contributed by atoms with Gasteiger partial charge < -0.3 is 19.0 Å². The maximum absolute atomic E-state index is 12.8. The molecule has 3 aromatic carbocycles. The number of hydrogen-bond donors (Lipinski definition) is 0. The second-order valence-electron chi connectivity index (χ2n) is 7.04. The van der Waals surface area contributed by atoms with Gasteiger partial charge in [0.2, 0.25) is 0 Å². The molecular weight excluding hydrogens is 396 g/mol. The summed E-state index contributed by atoms with van der Waals surface area (Å²) in [5.74, 6) is -1.22. The quantitative estimate of drug-likeness (QED) is 0.450. The largest absolute Gasteiger partial charge is 0.452 e. The zero-order valence-electron chi connectivity index (χ0n) is 16.5. The van der Waals surface area contributed by atoms with E-state index in [0.717, 1.165) is 0 Å². The van der Waals surface area contributed by atoms with Gasteiger partial charge >= 0.3 is 11.9 Å². The van der Waals surface area contributed by atoms with Crippen molar-refractivity contribution in [3.8, 4) is 0 Å². The Kier molecular flexibility index (Phi) is 6.19. The minimum absolute atomic E-state index is 0.323. The third-order valence-electron chi connectivity index (χ3n) is 5.02. The van der Waals surface area contributed by atoms with Gasteiger partial charge in [-0.15, -0.1) is 0 Å². The van der Waals surface area contributed by atoms with E-state index in [1.807, 2.05) is 18.2 Å². The molecule has 0 aromatic heterocycles. The molecule has 0 saturated carbocycles. The van der Waals surface area contributed by atoms with Crippen molar-refractivity contribution >= 4 is 18.2 Å². The second kappa shape index (κ2) is 9.36. The number of esters is 2. The molecule has 0 bridgehead atoms. The predicted octanol–water partition coefficient (Wildman–Crippen LogP) is 3.78. The Morgan fingerprint density at radius 2 is 1.13 bits per heavy atom. The first kappa shape index (κ1) is 20.5. The molecule has 0 aliphatic carbocycles. The fourth-order valence-corrected chi connectivity index (χ4v) is 3.50. The molecule has 6 nitrogen and oxygen atoms in total. The van der Waals surface area contributed by atoms with Crippen LogP contribution < -0.4 is 0 Å². The summed E-state index contributed by atoms with van der Waals surface area (Å²) >= 11 is 0. The Morgan fingerprint density at radius 3 is 1.61 bits per heavy atom. The predicted molar refractivity (Wildman–Crippen MR) is 111 cm³/mol. The zero-order valence-corrected chi connectivity index (χ0v) is 16.5.